The fourth-order valence-corrected chi connectivity index (χ4v) is 5.04. The summed E-state index contributed by atoms with van der Waals surface area (Å²) < 4.78 is 1.69. The molecule has 0 radical (unpaired) electrons. The lowest BCUT2D eigenvalue weighted by Crippen LogP contribution is -2.40. The molecule has 0 bridgehead atoms. The van der Waals surface area contributed by atoms with Gasteiger partial charge >= 0.3 is 0 Å². The Morgan fingerprint density at radius 3 is 2.64 bits per heavy atom. The molecule has 5 rings (SSSR count). The predicted octanol–water partition coefficient (Wildman–Crippen LogP) is 3.38. The minimum atomic E-state index is 0.131. The molecule has 2 aliphatic rings. The average Bonchev–Trinajstić information content (AvgIpc) is 3.36. The summed E-state index contributed by atoms with van der Waals surface area (Å²) in [5, 5.41) is 4.15. The van der Waals surface area contributed by atoms with E-state index in [9.17, 15) is 4.79 Å². The van der Waals surface area contributed by atoms with Crippen LogP contribution in [-0.2, 0) is 24.2 Å². The van der Waals surface area contributed by atoms with E-state index in [0.29, 0.717) is 12.5 Å². The second kappa shape index (κ2) is 9.73. The summed E-state index contributed by atoms with van der Waals surface area (Å²) in [4.78, 5) is 27.1. The van der Waals surface area contributed by atoms with Gasteiger partial charge in [-0.3, -0.25) is 9.48 Å². The van der Waals surface area contributed by atoms with Crippen molar-refractivity contribution >= 4 is 11.7 Å². The lowest BCUT2D eigenvalue weighted by atomic mass is 9.95. The second-order valence-corrected chi connectivity index (χ2v) is 9.15. The Morgan fingerprint density at radius 2 is 1.88 bits per heavy atom. The molecule has 0 aliphatic carbocycles. The van der Waals surface area contributed by atoms with Gasteiger partial charge in [-0.2, -0.15) is 5.10 Å². The number of hydrogen-bond acceptors (Lipinski definition) is 5. The number of aromatic nitrogens is 4. The summed E-state index contributed by atoms with van der Waals surface area (Å²) in [5.41, 5.74) is 3.80. The number of hydrogen-bond donors (Lipinski definition) is 0. The third-order valence-electron chi connectivity index (χ3n) is 6.95. The first-order valence-corrected chi connectivity index (χ1v) is 12.1. The third kappa shape index (κ3) is 4.92. The molecule has 0 spiro atoms. The number of anilines is 1. The highest BCUT2D eigenvalue weighted by Gasteiger charge is 2.28. The summed E-state index contributed by atoms with van der Waals surface area (Å²) in [7, 11) is 0. The summed E-state index contributed by atoms with van der Waals surface area (Å²) >= 11 is 0. The van der Waals surface area contributed by atoms with E-state index in [1.807, 2.05) is 17.2 Å². The smallest absolute Gasteiger partial charge is 0.244 e. The van der Waals surface area contributed by atoms with Crippen molar-refractivity contribution in [3.05, 3.63) is 71.4 Å². The standard InChI is InChI=1S/C26H32N6O/c1-20-23-9-5-14-31(16-10-21-7-3-2-4-8-21)26(23)29-25(28-20)22-11-17-30(18-12-22)24(33)19-32-15-6-13-27-32/h2-4,6-8,13,15,22H,5,9-12,14,16-19H2,1H3. The normalized spacial score (nSPS) is 16.6. The van der Waals surface area contributed by atoms with Crippen molar-refractivity contribution in [1.29, 1.82) is 0 Å². The van der Waals surface area contributed by atoms with Gasteiger partial charge in [0.2, 0.25) is 5.91 Å². The molecule has 0 unspecified atom stereocenters. The van der Waals surface area contributed by atoms with E-state index < -0.39 is 0 Å². The van der Waals surface area contributed by atoms with Crippen LogP contribution in [0.25, 0.3) is 0 Å². The highest BCUT2D eigenvalue weighted by Crippen LogP contribution is 2.32. The number of amides is 1. The van der Waals surface area contributed by atoms with E-state index in [2.05, 4.69) is 47.3 Å². The number of rotatable bonds is 6. The molecule has 33 heavy (non-hydrogen) atoms. The van der Waals surface area contributed by atoms with Crippen LogP contribution in [-0.4, -0.2) is 56.7 Å². The van der Waals surface area contributed by atoms with Crippen molar-refractivity contribution in [3.8, 4) is 0 Å². The molecule has 1 aromatic carbocycles. The van der Waals surface area contributed by atoms with Crippen molar-refractivity contribution in [2.45, 2.75) is 51.5 Å². The lowest BCUT2D eigenvalue weighted by molar-refractivity contribution is -0.133. The SMILES string of the molecule is Cc1nc(C2CCN(C(=O)Cn3cccn3)CC2)nc2c1CCCN2CCc1ccccc1. The van der Waals surface area contributed by atoms with E-state index in [0.717, 1.165) is 75.6 Å². The van der Waals surface area contributed by atoms with Crippen LogP contribution in [0.4, 0.5) is 5.82 Å². The van der Waals surface area contributed by atoms with Crippen molar-refractivity contribution in [3.63, 3.8) is 0 Å². The van der Waals surface area contributed by atoms with Crippen LogP contribution in [0, 0.1) is 6.92 Å². The minimum Gasteiger partial charge on any atom is -0.356 e. The number of carbonyl (C=O) groups excluding carboxylic acids is 1. The van der Waals surface area contributed by atoms with Crippen molar-refractivity contribution in [1.82, 2.24) is 24.6 Å². The molecule has 4 heterocycles. The van der Waals surface area contributed by atoms with Crippen LogP contribution in [0.15, 0.2) is 48.8 Å². The maximum Gasteiger partial charge on any atom is 0.244 e. The molecule has 1 fully saturated rings. The van der Waals surface area contributed by atoms with Crippen LogP contribution < -0.4 is 4.90 Å². The highest BCUT2D eigenvalue weighted by molar-refractivity contribution is 5.76. The molecule has 0 atom stereocenters. The number of benzene rings is 1. The van der Waals surface area contributed by atoms with Crippen LogP contribution in [0.2, 0.25) is 0 Å². The number of fused-ring (bicyclic) bond motifs is 1. The number of nitrogens with zero attached hydrogens (tertiary/aromatic N) is 6. The summed E-state index contributed by atoms with van der Waals surface area (Å²) in [6.07, 6.45) is 8.59. The topological polar surface area (TPSA) is 67.2 Å². The molecular formula is C26H32N6O. The molecular weight excluding hydrogens is 412 g/mol. The molecule has 1 saturated heterocycles. The minimum absolute atomic E-state index is 0.131. The first kappa shape index (κ1) is 21.6. The molecule has 172 valence electrons. The van der Waals surface area contributed by atoms with E-state index in [4.69, 9.17) is 9.97 Å². The number of carbonyl (C=O) groups is 1. The maximum atomic E-state index is 12.6. The van der Waals surface area contributed by atoms with E-state index >= 15 is 0 Å². The molecule has 2 aromatic heterocycles. The van der Waals surface area contributed by atoms with Crippen LogP contribution in [0.1, 0.15) is 47.8 Å². The Morgan fingerprint density at radius 1 is 1.06 bits per heavy atom. The Kier molecular flexibility index (Phi) is 6.37. The Balaban J connectivity index is 1.26. The van der Waals surface area contributed by atoms with Crippen LogP contribution in [0.5, 0.6) is 0 Å². The fourth-order valence-electron chi connectivity index (χ4n) is 5.04. The van der Waals surface area contributed by atoms with Gasteiger partial charge in [-0.25, -0.2) is 9.97 Å². The van der Waals surface area contributed by atoms with Gasteiger partial charge < -0.3 is 9.80 Å². The van der Waals surface area contributed by atoms with Gasteiger partial charge in [0.15, 0.2) is 0 Å². The number of aryl methyl sites for hydroxylation is 1. The first-order valence-electron chi connectivity index (χ1n) is 12.1. The Labute approximate surface area is 195 Å². The van der Waals surface area contributed by atoms with E-state index in [1.54, 1.807) is 10.9 Å². The van der Waals surface area contributed by atoms with Gasteiger partial charge in [0.1, 0.15) is 18.2 Å². The largest absolute Gasteiger partial charge is 0.356 e. The quantitative estimate of drug-likeness (QED) is 0.583. The molecule has 2 aliphatic heterocycles. The lowest BCUT2D eigenvalue weighted by Gasteiger charge is -2.34. The molecule has 0 N–H and O–H groups in total. The molecule has 7 heteroatoms. The predicted molar refractivity (Wildman–Crippen MR) is 128 cm³/mol. The van der Waals surface area contributed by atoms with E-state index in [1.165, 1.54) is 11.1 Å². The molecule has 3 aromatic rings. The number of piperidine rings is 1. The zero-order valence-corrected chi connectivity index (χ0v) is 19.4. The summed E-state index contributed by atoms with van der Waals surface area (Å²) in [5.74, 6) is 2.53. The zero-order chi connectivity index (χ0) is 22.6. The molecule has 7 nitrogen and oxygen atoms in total. The zero-order valence-electron chi connectivity index (χ0n) is 19.4. The Bertz CT molecular complexity index is 1070. The number of likely N-dealkylation sites (tertiary alicyclic amines) is 1. The van der Waals surface area contributed by atoms with Gasteiger partial charge in [-0.1, -0.05) is 30.3 Å². The van der Waals surface area contributed by atoms with Crippen molar-refractivity contribution in [2.75, 3.05) is 31.1 Å². The van der Waals surface area contributed by atoms with Gasteiger partial charge in [0.25, 0.3) is 0 Å². The summed E-state index contributed by atoms with van der Waals surface area (Å²) in [6.45, 7) is 5.98. The van der Waals surface area contributed by atoms with Crippen LogP contribution in [0.3, 0.4) is 0 Å². The first-order chi connectivity index (χ1) is 16.2. The third-order valence-corrected chi connectivity index (χ3v) is 6.95. The van der Waals surface area contributed by atoms with Gasteiger partial charge in [0.05, 0.1) is 0 Å². The molecule has 1 amide bonds. The van der Waals surface area contributed by atoms with Gasteiger partial charge in [-0.15, -0.1) is 0 Å². The fraction of sp³-hybridized carbons (Fsp3) is 0.462. The van der Waals surface area contributed by atoms with Crippen molar-refractivity contribution in [2.24, 2.45) is 0 Å². The highest BCUT2D eigenvalue weighted by atomic mass is 16.2. The molecule has 0 saturated carbocycles. The van der Waals surface area contributed by atoms with E-state index in [-0.39, 0.29) is 5.91 Å². The van der Waals surface area contributed by atoms with Crippen LogP contribution >= 0.6 is 0 Å². The van der Waals surface area contributed by atoms with Crippen molar-refractivity contribution < 1.29 is 4.79 Å². The van der Waals surface area contributed by atoms with Gasteiger partial charge in [-0.05, 0) is 50.7 Å². The maximum absolute atomic E-state index is 12.6. The second-order valence-electron chi connectivity index (χ2n) is 9.15. The average molecular weight is 445 g/mol. The monoisotopic (exact) mass is 444 g/mol. The van der Waals surface area contributed by atoms with Gasteiger partial charge in [0, 0.05) is 55.7 Å². The summed E-state index contributed by atoms with van der Waals surface area (Å²) in [6, 6.07) is 12.5. The Hall–Kier alpha value is -3.22.